The molecule has 1 aliphatic heterocycles. The second-order valence-electron chi connectivity index (χ2n) is 5.80. The van der Waals surface area contributed by atoms with Crippen molar-refractivity contribution in [2.45, 2.75) is 6.18 Å². The maximum absolute atomic E-state index is 13.4. The van der Waals surface area contributed by atoms with E-state index in [-0.39, 0.29) is 12.2 Å². The number of piperazine rings is 1. The second-order valence-corrected chi connectivity index (χ2v) is 5.80. The first-order valence-electron chi connectivity index (χ1n) is 7.53. The Morgan fingerprint density at radius 1 is 1.25 bits per heavy atom. The molecule has 1 heterocycles. The standard InChI is InChI=1S/C15H20F4N4O/c1-21-4-6-22(7-5-21)8-9-23(14(20)24)11-2-3-13(16)12(10-11)15(17,18)19/h2-3,10H,4-9H2,1H3,(H2,20,24). The summed E-state index contributed by atoms with van der Waals surface area (Å²) in [7, 11) is 2.00. The Bertz CT molecular complexity index is 585. The number of benzene rings is 1. The van der Waals surface area contributed by atoms with Gasteiger partial charge in [0.1, 0.15) is 5.82 Å². The number of primary amides is 1. The van der Waals surface area contributed by atoms with Gasteiger partial charge in [0.2, 0.25) is 0 Å². The zero-order valence-electron chi connectivity index (χ0n) is 13.3. The summed E-state index contributed by atoms with van der Waals surface area (Å²) in [6.45, 7) is 3.99. The normalized spacial score (nSPS) is 17.0. The van der Waals surface area contributed by atoms with E-state index in [9.17, 15) is 22.4 Å². The van der Waals surface area contributed by atoms with Gasteiger partial charge in [0, 0.05) is 45.0 Å². The number of alkyl halides is 3. The van der Waals surface area contributed by atoms with E-state index in [0.29, 0.717) is 18.7 Å². The van der Waals surface area contributed by atoms with E-state index in [4.69, 9.17) is 5.73 Å². The summed E-state index contributed by atoms with van der Waals surface area (Å²) in [5.74, 6) is -1.38. The molecule has 0 atom stereocenters. The van der Waals surface area contributed by atoms with Gasteiger partial charge in [0.25, 0.3) is 0 Å². The number of hydrogen-bond acceptors (Lipinski definition) is 3. The largest absolute Gasteiger partial charge is 0.419 e. The van der Waals surface area contributed by atoms with Crippen molar-refractivity contribution < 1.29 is 22.4 Å². The van der Waals surface area contributed by atoms with E-state index in [1.54, 1.807) is 0 Å². The predicted octanol–water partition coefficient (Wildman–Crippen LogP) is 1.98. The fourth-order valence-corrected chi connectivity index (χ4v) is 2.58. The van der Waals surface area contributed by atoms with Crippen molar-refractivity contribution in [3.05, 3.63) is 29.6 Å². The molecule has 0 unspecified atom stereocenters. The average Bonchev–Trinajstić information content (AvgIpc) is 2.49. The molecule has 0 bridgehead atoms. The van der Waals surface area contributed by atoms with Crippen molar-refractivity contribution in [3.8, 4) is 0 Å². The van der Waals surface area contributed by atoms with Crippen LogP contribution >= 0.6 is 0 Å². The van der Waals surface area contributed by atoms with E-state index < -0.39 is 23.6 Å². The van der Waals surface area contributed by atoms with Gasteiger partial charge in [-0.2, -0.15) is 13.2 Å². The van der Waals surface area contributed by atoms with Crippen LogP contribution in [0.3, 0.4) is 0 Å². The van der Waals surface area contributed by atoms with Crippen molar-refractivity contribution in [1.29, 1.82) is 0 Å². The number of halogens is 4. The summed E-state index contributed by atoms with van der Waals surface area (Å²) in [5.41, 5.74) is 3.81. The lowest BCUT2D eigenvalue weighted by Gasteiger charge is -2.33. The molecule has 0 aromatic heterocycles. The lowest BCUT2D eigenvalue weighted by Crippen LogP contribution is -2.48. The van der Waals surface area contributed by atoms with Crippen LogP contribution in [-0.4, -0.2) is 62.1 Å². The molecule has 0 saturated carbocycles. The zero-order chi connectivity index (χ0) is 17.9. The summed E-state index contributed by atoms with van der Waals surface area (Å²) in [6.07, 6.45) is -4.83. The third kappa shape index (κ3) is 4.57. The van der Waals surface area contributed by atoms with E-state index in [1.807, 2.05) is 7.05 Å². The number of anilines is 1. The summed E-state index contributed by atoms with van der Waals surface area (Å²) >= 11 is 0. The van der Waals surface area contributed by atoms with Crippen LogP contribution in [0.15, 0.2) is 18.2 Å². The molecule has 0 radical (unpaired) electrons. The number of nitrogens with two attached hydrogens (primary N) is 1. The van der Waals surface area contributed by atoms with Crippen molar-refractivity contribution >= 4 is 11.7 Å². The molecule has 2 rings (SSSR count). The molecule has 24 heavy (non-hydrogen) atoms. The van der Waals surface area contributed by atoms with Gasteiger partial charge in [0.05, 0.1) is 5.56 Å². The molecule has 9 heteroatoms. The average molecular weight is 348 g/mol. The van der Waals surface area contributed by atoms with Gasteiger partial charge < -0.3 is 10.6 Å². The number of nitrogens with zero attached hydrogens (tertiary/aromatic N) is 3. The van der Waals surface area contributed by atoms with Crippen molar-refractivity contribution in [1.82, 2.24) is 9.80 Å². The Kier molecular flexibility index (Phi) is 5.66. The highest BCUT2D eigenvalue weighted by Gasteiger charge is 2.35. The van der Waals surface area contributed by atoms with Crippen LogP contribution in [0.4, 0.5) is 28.0 Å². The van der Waals surface area contributed by atoms with Crippen molar-refractivity contribution in [2.75, 3.05) is 51.2 Å². The summed E-state index contributed by atoms with van der Waals surface area (Å²) in [6, 6.07) is 1.57. The number of amides is 2. The van der Waals surface area contributed by atoms with E-state index >= 15 is 0 Å². The van der Waals surface area contributed by atoms with Crippen LogP contribution < -0.4 is 10.6 Å². The maximum Gasteiger partial charge on any atom is 0.419 e. The summed E-state index contributed by atoms with van der Waals surface area (Å²) < 4.78 is 51.8. The van der Waals surface area contributed by atoms with E-state index in [2.05, 4.69) is 9.80 Å². The van der Waals surface area contributed by atoms with Gasteiger partial charge in [-0.3, -0.25) is 9.80 Å². The van der Waals surface area contributed by atoms with Crippen LogP contribution in [0.2, 0.25) is 0 Å². The van der Waals surface area contributed by atoms with Crippen molar-refractivity contribution in [3.63, 3.8) is 0 Å². The van der Waals surface area contributed by atoms with E-state index in [1.165, 1.54) is 0 Å². The first-order valence-corrected chi connectivity index (χ1v) is 7.53. The molecule has 0 aliphatic carbocycles. The smallest absolute Gasteiger partial charge is 0.351 e. The molecule has 1 saturated heterocycles. The highest BCUT2D eigenvalue weighted by molar-refractivity contribution is 5.90. The van der Waals surface area contributed by atoms with Crippen molar-refractivity contribution in [2.24, 2.45) is 5.73 Å². The molecule has 134 valence electrons. The molecular weight excluding hydrogens is 328 g/mol. The Balaban J connectivity index is 2.12. The van der Waals surface area contributed by atoms with Crippen LogP contribution in [0.25, 0.3) is 0 Å². The number of carbonyl (C=O) groups is 1. The van der Waals surface area contributed by atoms with Crippen LogP contribution in [-0.2, 0) is 6.18 Å². The Morgan fingerprint density at radius 2 is 1.88 bits per heavy atom. The van der Waals surface area contributed by atoms with Crippen LogP contribution in [0.1, 0.15) is 5.56 Å². The summed E-state index contributed by atoms with van der Waals surface area (Å²) in [4.78, 5) is 16.9. The predicted molar refractivity (Wildman–Crippen MR) is 82.3 cm³/mol. The Labute approximate surface area is 137 Å². The third-order valence-corrected chi connectivity index (χ3v) is 4.07. The topological polar surface area (TPSA) is 52.8 Å². The van der Waals surface area contributed by atoms with Gasteiger partial charge >= 0.3 is 12.2 Å². The first kappa shape index (κ1) is 18.5. The number of urea groups is 1. The first-order chi connectivity index (χ1) is 11.2. The number of likely N-dealkylation sites (N-methyl/N-ethyl adjacent to an activating group) is 1. The van der Waals surface area contributed by atoms with Gasteiger partial charge in [-0.05, 0) is 25.2 Å². The van der Waals surface area contributed by atoms with Gasteiger partial charge in [0.15, 0.2) is 0 Å². The number of rotatable bonds is 4. The minimum atomic E-state index is -4.83. The number of hydrogen-bond donors (Lipinski definition) is 1. The molecule has 5 nitrogen and oxygen atoms in total. The molecule has 1 aromatic rings. The molecule has 1 fully saturated rings. The maximum atomic E-state index is 13.4. The third-order valence-electron chi connectivity index (χ3n) is 4.07. The summed E-state index contributed by atoms with van der Waals surface area (Å²) in [5, 5.41) is 0. The Hall–Kier alpha value is -1.87. The van der Waals surface area contributed by atoms with Gasteiger partial charge in [-0.25, -0.2) is 9.18 Å². The van der Waals surface area contributed by atoms with E-state index in [0.717, 1.165) is 37.1 Å². The monoisotopic (exact) mass is 348 g/mol. The SMILES string of the molecule is CN1CCN(CCN(C(N)=O)c2ccc(F)c(C(F)(F)F)c2)CC1. The van der Waals surface area contributed by atoms with Crippen LogP contribution in [0.5, 0.6) is 0 Å². The molecule has 1 aliphatic rings. The lowest BCUT2D eigenvalue weighted by atomic mass is 10.1. The van der Waals surface area contributed by atoms with Crippen LogP contribution in [0, 0.1) is 5.82 Å². The molecule has 2 N–H and O–H groups in total. The lowest BCUT2D eigenvalue weighted by molar-refractivity contribution is -0.139. The highest BCUT2D eigenvalue weighted by Crippen LogP contribution is 2.33. The molecule has 0 spiro atoms. The number of carbonyl (C=O) groups excluding carboxylic acids is 1. The Morgan fingerprint density at radius 3 is 2.42 bits per heavy atom. The minimum Gasteiger partial charge on any atom is -0.351 e. The fraction of sp³-hybridized carbons (Fsp3) is 0.533. The molecular formula is C15H20F4N4O. The second kappa shape index (κ2) is 7.35. The minimum absolute atomic E-state index is 0.0645. The highest BCUT2D eigenvalue weighted by atomic mass is 19.4. The van der Waals surface area contributed by atoms with Gasteiger partial charge in [-0.15, -0.1) is 0 Å². The fourth-order valence-electron chi connectivity index (χ4n) is 2.58. The quantitative estimate of drug-likeness (QED) is 0.847. The zero-order valence-corrected chi connectivity index (χ0v) is 13.3. The molecule has 1 aromatic carbocycles. The molecule has 2 amide bonds. The van der Waals surface area contributed by atoms with Gasteiger partial charge in [-0.1, -0.05) is 0 Å².